The molecular formula is C28H31BrClN3O4S. The largest absolute Gasteiger partial charge is 0.350 e. The summed E-state index contributed by atoms with van der Waals surface area (Å²) in [4.78, 5) is 28.4. The second-order valence-electron chi connectivity index (χ2n) is 9.86. The minimum absolute atomic E-state index is 0.0542. The molecule has 0 saturated carbocycles. The van der Waals surface area contributed by atoms with Crippen molar-refractivity contribution in [2.75, 3.05) is 10.8 Å². The predicted molar refractivity (Wildman–Crippen MR) is 154 cm³/mol. The van der Waals surface area contributed by atoms with Gasteiger partial charge in [-0.1, -0.05) is 57.9 Å². The molecule has 0 heterocycles. The zero-order chi connectivity index (χ0) is 28.1. The maximum atomic E-state index is 13.9. The highest BCUT2D eigenvalue weighted by molar-refractivity contribution is 9.10. The van der Waals surface area contributed by atoms with Gasteiger partial charge in [-0.15, -0.1) is 0 Å². The topological polar surface area (TPSA) is 86.8 Å². The average molecular weight is 621 g/mol. The molecule has 38 heavy (non-hydrogen) atoms. The average Bonchev–Trinajstić information content (AvgIpc) is 2.86. The van der Waals surface area contributed by atoms with Crippen LogP contribution in [0.4, 0.5) is 5.69 Å². The first-order valence-corrected chi connectivity index (χ1v) is 14.6. The molecule has 0 aliphatic heterocycles. The minimum atomic E-state index is -4.10. The lowest BCUT2D eigenvalue weighted by molar-refractivity contribution is -0.140. The number of nitrogens with zero attached hydrogens (tertiary/aromatic N) is 2. The molecule has 0 spiro atoms. The van der Waals surface area contributed by atoms with E-state index in [0.717, 1.165) is 14.3 Å². The van der Waals surface area contributed by atoms with Crippen LogP contribution >= 0.6 is 27.5 Å². The Morgan fingerprint density at radius 3 is 2.08 bits per heavy atom. The Bertz CT molecular complexity index is 1360. The van der Waals surface area contributed by atoms with Crippen molar-refractivity contribution in [3.8, 4) is 0 Å². The molecule has 202 valence electrons. The summed E-state index contributed by atoms with van der Waals surface area (Å²) >= 11 is 9.40. The zero-order valence-corrected chi connectivity index (χ0v) is 24.8. The lowest BCUT2D eigenvalue weighted by Gasteiger charge is -2.33. The molecule has 0 saturated heterocycles. The van der Waals surface area contributed by atoms with Crippen LogP contribution in [0.3, 0.4) is 0 Å². The predicted octanol–water partition coefficient (Wildman–Crippen LogP) is 5.63. The normalized spacial score (nSPS) is 12.5. The van der Waals surface area contributed by atoms with Gasteiger partial charge in [-0.3, -0.25) is 13.9 Å². The van der Waals surface area contributed by atoms with Crippen LogP contribution in [0.1, 0.15) is 33.3 Å². The van der Waals surface area contributed by atoms with Crippen molar-refractivity contribution in [3.05, 3.63) is 93.9 Å². The van der Waals surface area contributed by atoms with Crippen molar-refractivity contribution in [1.82, 2.24) is 10.2 Å². The lowest BCUT2D eigenvalue weighted by Crippen LogP contribution is -2.54. The second kappa shape index (κ2) is 12.3. The van der Waals surface area contributed by atoms with Crippen LogP contribution in [0.15, 0.2) is 88.2 Å². The number of nitrogens with one attached hydrogen (secondary N) is 1. The molecular weight excluding hydrogens is 590 g/mol. The molecule has 3 aromatic carbocycles. The van der Waals surface area contributed by atoms with Crippen LogP contribution in [0.2, 0.25) is 5.02 Å². The Hall–Kier alpha value is -2.88. The summed E-state index contributed by atoms with van der Waals surface area (Å²) in [6.07, 6.45) is 0. The standard InChI is InChI=1S/C28H31BrClN3O4S/c1-20(27(35)31-28(2,3)4)32(18-21-10-14-23(30)15-11-21)26(34)19-33(24-16-12-22(29)13-17-24)38(36,37)25-8-6-5-7-9-25/h5-17,20H,18-19H2,1-4H3,(H,31,35)/t20-/m1/s1. The number of halogens is 2. The van der Waals surface area contributed by atoms with E-state index in [1.807, 2.05) is 20.8 Å². The summed E-state index contributed by atoms with van der Waals surface area (Å²) in [5.74, 6) is -0.875. The number of anilines is 1. The van der Waals surface area contributed by atoms with Crippen LogP contribution in [-0.2, 0) is 26.2 Å². The van der Waals surface area contributed by atoms with Crippen molar-refractivity contribution in [2.45, 2.75) is 50.7 Å². The highest BCUT2D eigenvalue weighted by atomic mass is 79.9. The summed E-state index contributed by atoms with van der Waals surface area (Å²) in [6, 6.07) is 20.7. The summed E-state index contributed by atoms with van der Waals surface area (Å²) in [5.41, 5.74) is 0.559. The van der Waals surface area contributed by atoms with Crippen LogP contribution in [-0.4, -0.2) is 43.3 Å². The highest BCUT2D eigenvalue weighted by Crippen LogP contribution is 2.26. The third kappa shape index (κ3) is 7.82. The first-order valence-electron chi connectivity index (χ1n) is 12.0. The van der Waals surface area contributed by atoms with Crippen LogP contribution in [0.5, 0.6) is 0 Å². The molecule has 0 unspecified atom stereocenters. The molecule has 1 atom stereocenters. The van der Waals surface area contributed by atoms with Gasteiger partial charge in [-0.2, -0.15) is 0 Å². The second-order valence-corrected chi connectivity index (χ2v) is 13.1. The van der Waals surface area contributed by atoms with E-state index >= 15 is 0 Å². The van der Waals surface area contributed by atoms with Crippen molar-refractivity contribution < 1.29 is 18.0 Å². The van der Waals surface area contributed by atoms with E-state index in [-0.39, 0.29) is 17.3 Å². The van der Waals surface area contributed by atoms with E-state index in [2.05, 4.69) is 21.2 Å². The van der Waals surface area contributed by atoms with Crippen molar-refractivity contribution in [3.63, 3.8) is 0 Å². The molecule has 0 fully saturated rings. The number of rotatable bonds is 9. The van der Waals surface area contributed by atoms with Gasteiger partial charge in [0.25, 0.3) is 10.0 Å². The molecule has 0 aliphatic carbocycles. The first-order chi connectivity index (χ1) is 17.8. The molecule has 10 heteroatoms. The lowest BCUT2D eigenvalue weighted by atomic mass is 10.1. The van der Waals surface area contributed by atoms with Crippen LogP contribution < -0.4 is 9.62 Å². The van der Waals surface area contributed by atoms with E-state index in [4.69, 9.17) is 11.6 Å². The van der Waals surface area contributed by atoms with Gasteiger partial charge in [0.15, 0.2) is 0 Å². The Morgan fingerprint density at radius 2 is 1.53 bits per heavy atom. The summed E-state index contributed by atoms with van der Waals surface area (Å²) in [5, 5.41) is 3.45. The number of amides is 2. The van der Waals surface area contributed by atoms with Gasteiger partial charge < -0.3 is 10.2 Å². The smallest absolute Gasteiger partial charge is 0.264 e. The Kier molecular flexibility index (Phi) is 9.62. The van der Waals surface area contributed by atoms with Crippen LogP contribution in [0.25, 0.3) is 0 Å². The zero-order valence-electron chi connectivity index (χ0n) is 21.7. The molecule has 3 aromatic rings. The molecule has 1 N–H and O–H groups in total. The molecule has 0 aliphatic rings. The Morgan fingerprint density at radius 1 is 0.947 bits per heavy atom. The van der Waals surface area contributed by atoms with Gasteiger partial charge in [-0.25, -0.2) is 8.42 Å². The van der Waals surface area contributed by atoms with Crippen LogP contribution in [0, 0.1) is 0 Å². The molecule has 3 rings (SSSR count). The fraction of sp³-hybridized carbons (Fsp3) is 0.286. The number of carbonyl (C=O) groups excluding carboxylic acids is 2. The molecule has 0 bridgehead atoms. The quantitative estimate of drug-likeness (QED) is 0.336. The third-order valence-electron chi connectivity index (χ3n) is 5.66. The molecule has 2 amide bonds. The van der Waals surface area contributed by atoms with Crippen molar-refractivity contribution >= 4 is 55.1 Å². The van der Waals surface area contributed by atoms with Crippen molar-refractivity contribution in [1.29, 1.82) is 0 Å². The minimum Gasteiger partial charge on any atom is -0.350 e. The molecule has 7 nitrogen and oxygen atoms in total. The third-order valence-corrected chi connectivity index (χ3v) is 8.23. The fourth-order valence-corrected chi connectivity index (χ4v) is 5.52. The molecule has 0 aromatic heterocycles. The summed E-state index contributed by atoms with van der Waals surface area (Å²) in [6.45, 7) is 6.78. The first kappa shape index (κ1) is 29.7. The van der Waals surface area contributed by atoms with Gasteiger partial charge in [0.05, 0.1) is 10.6 Å². The van der Waals surface area contributed by atoms with E-state index in [1.165, 1.54) is 17.0 Å². The van der Waals surface area contributed by atoms with E-state index in [1.54, 1.807) is 73.7 Å². The number of benzene rings is 3. The number of carbonyl (C=O) groups is 2. The fourth-order valence-electron chi connectivity index (χ4n) is 3.70. The SMILES string of the molecule is C[C@H](C(=O)NC(C)(C)C)N(Cc1ccc(Cl)cc1)C(=O)CN(c1ccc(Br)cc1)S(=O)(=O)c1ccccc1. The maximum absolute atomic E-state index is 13.9. The number of sulfonamides is 1. The summed E-state index contributed by atoms with van der Waals surface area (Å²) in [7, 11) is -4.10. The Balaban J connectivity index is 2.01. The van der Waals surface area contributed by atoms with Gasteiger partial charge in [0.2, 0.25) is 11.8 Å². The Labute approximate surface area is 238 Å². The van der Waals surface area contributed by atoms with E-state index in [0.29, 0.717) is 10.7 Å². The summed E-state index contributed by atoms with van der Waals surface area (Å²) < 4.78 is 29.3. The number of hydrogen-bond acceptors (Lipinski definition) is 4. The molecule has 0 radical (unpaired) electrons. The monoisotopic (exact) mass is 619 g/mol. The van der Waals surface area contributed by atoms with Crippen molar-refractivity contribution in [2.24, 2.45) is 0 Å². The van der Waals surface area contributed by atoms with Gasteiger partial charge >= 0.3 is 0 Å². The van der Waals surface area contributed by atoms with Gasteiger partial charge in [-0.05, 0) is 81.8 Å². The number of hydrogen-bond donors (Lipinski definition) is 1. The van der Waals surface area contributed by atoms with E-state index < -0.39 is 34.1 Å². The van der Waals surface area contributed by atoms with E-state index in [9.17, 15) is 18.0 Å². The van der Waals surface area contributed by atoms with Gasteiger partial charge in [0, 0.05) is 21.6 Å². The maximum Gasteiger partial charge on any atom is 0.264 e. The van der Waals surface area contributed by atoms with Gasteiger partial charge in [0.1, 0.15) is 12.6 Å². The highest BCUT2D eigenvalue weighted by Gasteiger charge is 2.33.